The van der Waals surface area contributed by atoms with Crippen molar-refractivity contribution in [3.63, 3.8) is 0 Å². The summed E-state index contributed by atoms with van der Waals surface area (Å²) < 4.78 is 30.8. The molecule has 0 aromatic heterocycles. The van der Waals surface area contributed by atoms with E-state index in [-0.39, 0.29) is 46.1 Å². The molecule has 0 amide bonds. The van der Waals surface area contributed by atoms with Crippen molar-refractivity contribution >= 4 is 21.5 Å². The van der Waals surface area contributed by atoms with Gasteiger partial charge < -0.3 is 5.11 Å². The Hall–Kier alpha value is -1.25. The van der Waals surface area contributed by atoms with Crippen LogP contribution in [0.4, 0.5) is 11.4 Å². The number of hydrogen-bond donors (Lipinski definition) is 1. The van der Waals surface area contributed by atoms with Gasteiger partial charge >= 0.3 is 29.6 Å². The van der Waals surface area contributed by atoms with E-state index in [1.54, 1.807) is 12.1 Å². The monoisotopic (exact) mass is 356 g/mol. The Morgan fingerprint density at radius 3 is 2.17 bits per heavy atom. The summed E-state index contributed by atoms with van der Waals surface area (Å²) in [5.74, 6) is 0.127. The average molecular weight is 356 g/mol. The third-order valence-electron chi connectivity index (χ3n) is 3.55. The van der Waals surface area contributed by atoms with E-state index in [4.69, 9.17) is 4.55 Å². The van der Waals surface area contributed by atoms with Crippen LogP contribution in [0.3, 0.4) is 0 Å². The van der Waals surface area contributed by atoms with Crippen molar-refractivity contribution in [1.29, 1.82) is 0 Å². The second-order valence-electron chi connectivity index (χ2n) is 5.20. The van der Waals surface area contributed by atoms with E-state index in [0.29, 0.717) is 16.9 Å². The van der Waals surface area contributed by atoms with Crippen LogP contribution in [0.15, 0.2) is 57.6 Å². The van der Waals surface area contributed by atoms with Gasteiger partial charge in [-0.2, -0.15) is 18.6 Å². The number of nitrogens with zero attached hydrogens (tertiary/aromatic N) is 2. The molecule has 8 heteroatoms. The van der Waals surface area contributed by atoms with E-state index in [1.807, 2.05) is 13.8 Å². The van der Waals surface area contributed by atoms with Gasteiger partial charge in [0.15, 0.2) is 0 Å². The molecule has 0 saturated carbocycles. The molecule has 0 aliphatic carbocycles. The van der Waals surface area contributed by atoms with E-state index in [0.717, 1.165) is 6.42 Å². The van der Waals surface area contributed by atoms with Crippen LogP contribution in [0.25, 0.3) is 0 Å². The van der Waals surface area contributed by atoms with Gasteiger partial charge in [0.25, 0.3) is 10.1 Å². The number of benzene rings is 2. The largest absolute Gasteiger partial charge is 1.00 e. The zero-order chi connectivity index (χ0) is 17.0. The van der Waals surface area contributed by atoms with Gasteiger partial charge in [-0.3, -0.25) is 4.55 Å². The van der Waals surface area contributed by atoms with Crippen LogP contribution >= 0.6 is 0 Å². The molecule has 6 nitrogen and oxygen atoms in total. The second kappa shape index (κ2) is 8.73. The zero-order valence-corrected chi connectivity index (χ0v) is 16.6. The topological polar surface area (TPSA) is 102 Å². The maximum Gasteiger partial charge on any atom is 1.00 e. The molecule has 2 aromatic carbocycles. The summed E-state index contributed by atoms with van der Waals surface area (Å²) in [6, 6.07) is 10.1. The molecule has 0 aliphatic heterocycles. The smallest absolute Gasteiger partial charge is 0.872 e. The van der Waals surface area contributed by atoms with Gasteiger partial charge in [-0.05, 0) is 48.7 Å². The molecule has 0 radical (unpaired) electrons. The molecular weight excluding hydrogens is 339 g/mol. The van der Waals surface area contributed by atoms with Crippen LogP contribution in [0.2, 0.25) is 0 Å². The van der Waals surface area contributed by atoms with Gasteiger partial charge in [-0.15, -0.1) is 5.75 Å². The molecule has 0 fully saturated rings. The van der Waals surface area contributed by atoms with Gasteiger partial charge in [-0.1, -0.05) is 25.5 Å². The quantitative estimate of drug-likeness (QED) is 0.489. The van der Waals surface area contributed by atoms with E-state index < -0.39 is 10.1 Å². The van der Waals surface area contributed by atoms with Gasteiger partial charge in [0, 0.05) is 0 Å². The van der Waals surface area contributed by atoms with Crippen molar-refractivity contribution in [3.8, 4) is 5.75 Å². The van der Waals surface area contributed by atoms with Crippen LogP contribution in [-0.2, 0) is 10.1 Å². The maximum atomic E-state index is 11.8. The molecule has 122 valence electrons. The molecule has 1 N–H and O–H groups in total. The summed E-state index contributed by atoms with van der Waals surface area (Å²) in [5.41, 5.74) is 1.69. The molecule has 0 heterocycles. The van der Waals surface area contributed by atoms with Crippen LogP contribution in [0, 0.1) is 0 Å². The van der Waals surface area contributed by atoms with Crippen molar-refractivity contribution in [2.24, 2.45) is 10.2 Å². The number of hydrogen-bond acceptors (Lipinski definition) is 5. The Morgan fingerprint density at radius 2 is 1.62 bits per heavy atom. The normalized spacial score (nSPS) is 12.8. The maximum absolute atomic E-state index is 11.8. The molecular formula is C16H17N2NaO4S. The summed E-state index contributed by atoms with van der Waals surface area (Å²) in [7, 11) is -4.22. The van der Waals surface area contributed by atoms with Crippen molar-refractivity contribution in [3.05, 3.63) is 48.0 Å². The second-order valence-corrected chi connectivity index (χ2v) is 6.62. The molecule has 0 aliphatic rings. The number of azo groups is 1. The Morgan fingerprint density at radius 1 is 1.08 bits per heavy atom. The third kappa shape index (κ3) is 5.39. The van der Waals surface area contributed by atoms with Crippen LogP contribution in [0.1, 0.15) is 31.7 Å². The molecule has 0 bridgehead atoms. The Labute approximate surface area is 163 Å². The van der Waals surface area contributed by atoms with Gasteiger partial charge in [0.2, 0.25) is 0 Å². The fourth-order valence-electron chi connectivity index (χ4n) is 2.00. The van der Waals surface area contributed by atoms with Crippen molar-refractivity contribution in [2.75, 3.05) is 0 Å². The van der Waals surface area contributed by atoms with Crippen LogP contribution < -0.4 is 34.7 Å². The standard InChI is InChI=1S/C16H18N2O4S.Na/c1-3-11(2)15-10-13(6-9-16(15)19)18-17-12-4-7-14(8-5-12)23(20,21)22;/h4-11,19H,3H2,1-2H3,(H,20,21,22);/q;+1/p-1. The third-order valence-corrected chi connectivity index (χ3v) is 4.42. The van der Waals surface area contributed by atoms with Gasteiger partial charge in [0.05, 0.1) is 16.3 Å². The molecule has 1 atom stereocenters. The molecule has 1 unspecified atom stereocenters. The van der Waals surface area contributed by atoms with Crippen molar-refractivity contribution in [2.45, 2.75) is 31.1 Å². The Kier molecular flexibility index (Phi) is 7.56. The molecule has 0 spiro atoms. The van der Waals surface area contributed by atoms with Crippen molar-refractivity contribution in [1.82, 2.24) is 0 Å². The molecule has 2 aromatic rings. The summed E-state index contributed by atoms with van der Waals surface area (Å²) >= 11 is 0. The first kappa shape index (κ1) is 20.8. The molecule has 0 saturated heterocycles. The summed E-state index contributed by atoms with van der Waals surface area (Å²) in [6.45, 7) is 3.99. The van der Waals surface area contributed by atoms with E-state index in [9.17, 15) is 13.5 Å². The Bertz CT molecular complexity index is 820. The summed E-state index contributed by atoms with van der Waals surface area (Å²) in [5, 5.41) is 19.9. The summed E-state index contributed by atoms with van der Waals surface area (Å²) in [4.78, 5) is -0.203. The SMILES string of the molecule is CCC(C)c1cc(N=Nc2ccc(S(=O)(=O)O)cc2)ccc1[O-].[Na+]. The van der Waals surface area contributed by atoms with Crippen LogP contribution in [-0.4, -0.2) is 13.0 Å². The van der Waals surface area contributed by atoms with Crippen LogP contribution in [0.5, 0.6) is 5.75 Å². The first-order chi connectivity index (χ1) is 10.8. The van der Waals surface area contributed by atoms with Gasteiger partial charge in [-0.25, -0.2) is 0 Å². The fraction of sp³-hybridized carbons (Fsp3) is 0.250. The van der Waals surface area contributed by atoms with E-state index >= 15 is 0 Å². The van der Waals surface area contributed by atoms with Gasteiger partial charge in [0.1, 0.15) is 0 Å². The van der Waals surface area contributed by atoms with E-state index in [2.05, 4.69) is 10.2 Å². The first-order valence-corrected chi connectivity index (χ1v) is 8.55. The number of rotatable bonds is 5. The minimum Gasteiger partial charge on any atom is -0.872 e. The minimum absolute atomic E-state index is 0. The molecule has 24 heavy (non-hydrogen) atoms. The minimum atomic E-state index is -4.22. The van der Waals surface area contributed by atoms with Crippen molar-refractivity contribution < 1.29 is 47.6 Å². The fourth-order valence-corrected chi connectivity index (χ4v) is 2.48. The zero-order valence-electron chi connectivity index (χ0n) is 13.8. The van der Waals surface area contributed by atoms with E-state index in [1.165, 1.54) is 30.3 Å². The first-order valence-electron chi connectivity index (χ1n) is 7.11. The predicted molar refractivity (Wildman–Crippen MR) is 85.0 cm³/mol. The average Bonchev–Trinajstić information content (AvgIpc) is 2.53. The molecule has 2 rings (SSSR count). The predicted octanol–water partition coefficient (Wildman–Crippen LogP) is 0.940. The Balaban J connectivity index is 0.00000288. The summed E-state index contributed by atoms with van der Waals surface area (Å²) in [6.07, 6.45) is 0.854.